The normalized spacial score (nSPS) is 18.1. The van der Waals surface area contributed by atoms with Crippen LogP contribution in [0.5, 0.6) is 0 Å². The summed E-state index contributed by atoms with van der Waals surface area (Å²) >= 11 is -2.09. The van der Waals surface area contributed by atoms with Gasteiger partial charge in [0.1, 0.15) is 12.4 Å². The third-order valence-electron chi connectivity index (χ3n) is 6.12. The fourth-order valence-corrected chi connectivity index (χ4v) is 5.12. The van der Waals surface area contributed by atoms with Crippen molar-refractivity contribution < 1.29 is 18.3 Å². The SMILES string of the molecule is Cc1cccc2c1N(C1CCN(c3ccc4cccc(S(=O)O)c4n3)CC1)C(=O)OC2. The summed E-state index contributed by atoms with van der Waals surface area (Å²) in [7, 11) is 0. The number of nitrogens with zero attached hydrogens (tertiary/aromatic N) is 3. The lowest BCUT2D eigenvalue weighted by Gasteiger charge is -2.41. The second-order valence-electron chi connectivity index (χ2n) is 7.97. The number of hydrogen-bond donors (Lipinski definition) is 1. The van der Waals surface area contributed by atoms with Gasteiger partial charge >= 0.3 is 6.09 Å². The van der Waals surface area contributed by atoms with Crippen molar-refractivity contribution in [1.82, 2.24) is 4.98 Å². The van der Waals surface area contributed by atoms with Gasteiger partial charge in [-0.3, -0.25) is 4.90 Å². The summed E-state index contributed by atoms with van der Waals surface area (Å²) < 4.78 is 26.7. The molecule has 3 aromatic rings. The highest BCUT2D eigenvalue weighted by Gasteiger charge is 2.35. The zero-order valence-corrected chi connectivity index (χ0v) is 18.0. The molecular formula is C23H23N3O4S. The Morgan fingerprint density at radius 1 is 1.10 bits per heavy atom. The fraction of sp³-hybridized carbons (Fsp3) is 0.304. The van der Waals surface area contributed by atoms with E-state index in [9.17, 15) is 13.6 Å². The summed E-state index contributed by atoms with van der Waals surface area (Å²) in [5.74, 6) is 0.779. The highest BCUT2D eigenvalue weighted by Crippen LogP contribution is 2.35. The summed E-state index contributed by atoms with van der Waals surface area (Å²) in [5.41, 5.74) is 3.66. The van der Waals surface area contributed by atoms with Gasteiger partial charge in [-0.1, -0.05) is 30.3 Å². The minimum atomic E-state index is -2.09. The number of fused-ring (bicyclic) bond motifs is 2. The van der Waals surface area contributed by atoms with Crippen molar-refractivity contribution in [3.63, 3.8) is 0 Å². The van der Waals surface area contributed by atoms with Crippen LogP contribution in [0.25, 0.3) is 10.9 Å². The zero-order valence-electron chi connectivity index (χ0n) is 17.2. The maximum Gasteiger partial charge on any atom is 0.414 e. The molecule has 1 aromatic heterocycles. The Bertz CT molecular complexity index is 1190. The third-order valence-corrected chi connectivity index (χ3v) is 6.83. The van der Waals surface area contributed by atoms with Gasteiger partial charge in [0.25, 0.3) is 0 Å². The predicted octanol–water partition coefficient (Wildman–Crippen LogP) is 4.25. The Kier molecular flexibility index (Phi) is 5.11. The van der Waals surface area contributed by atoms with Gasteiger partial charge in [-0.15, -0.1) is 0 Å². The minimum absolute atomic E-state index is 0.0601. The van der Waals surface area contributed by atoms with E-state index in [1.165, 1.54) is 0 Å². The van der Waals surface area contributed by atoms with Crippen LogP contribution in [0.15, 0.2) is 53.4 Å². The van der Waals surface area contributed by atoms with Crippen molar-refractivity contribution in [3.8, 4) is 0 Å². The first-order chi connectivity index (χ1) is 15.0. The van der Waals surface area contributed by atoms with Gasteiger partial charge in [-0.05, 0) is 43.5 Å². The van der Waals surface area contributed by atoms with E-state index in [0.717, 1.165) is 53.9 Å². The molecule has 1 saturated heterocycles. The summed E-state index contributed by atoms with van der Waals surface area (Å²) in [4.78, 5) is 21.6. The maximum absolute atomic E-state index is 12.6. The average Bonchev–Trinajstić information content (AvgIpc) is 2.79. The number of benzene rings is 2. The standard InChI is InChI=1S/C23H23N3O4S/c1-15-4-2-6-17-14-30-23(27)26(22(15)17)18-10-12-25(13-11-18)20-9-8-16-5-3-7-19(31(28)29)21(16)24-20/h2-9,18H,10-14H2,1H3,(H,28,29). The largest absolute Gasteiger partial charge is 0.444 e. The van der Waals surface area contributed by atoms with Crippen LogP contribution in [-0.4, -0.2) is 39.0 Å². The van der Waals surface area contributed by atoms with Crippen molar-refractivity contribution >= 4 is 39.6 Å². The van der Waals surface area contributed by atoms with Gasteiger partial charge in [0, 0.05) is 30.1 Å². The van der Waals surface area contributed by atoms with Crippen molar-refractivity contribution in [2.75, 3.05) is 22.9 Å². The second-order valence-corrected chi connectivity index (χ2v) is 8.91. The molecule has 2 aromatic carbocycles. The van der Waals surface area contributed by atoms with Gasteiger partial charge in [0.15, 0.2) is 11.1 Å². The molecule has 8 heteroatoms. The van der Waals surface area contributed by atoms with Gasteiger partial charge in [0.05, 0.1) is 16.1 Å². The Morgan fingerprint density at radius 3 is 2.65 bits per heavy atom. The number of aromatic nitrogens is 1. The lowest BCUT2D eigenvalue weighted by atomic mass is 9.99. The lowest BCUT2D eigenvalue weighted by Crippen LogP contribution is -2.50. The highest BCUT2D eigenvalue weighted by molar-refractivity contribution is 7.79. The number of aryl methyl sites for hydroxylation is 1. The van der Waals surface area contributed by atoms with Gasteiger partial charge in [-0.25, -0.2) is 14.0 Å². The smallest absolute Gasteiger partial charge is 0.414 e. The molecule has 1 N–H and O–H groups in total. The Balaban J connectivity index is 1.39. The molecule has 2 aliphatic rings. The average molecular weight is 438 g/mol. The number of hydrogen-bond acceptors (Lipinski definition) is 5. The first-order valence-electron chi connectivity index (χ1n) is 10.3. The molecular weight excluding hydrogens is 414 g/mol. The first-order valence-corrected chi connectivity index (χ1v) is 11.4. The van der Waals surface area contributed by atoms with Crippen LogP contribution in [-0.2, 0) is 22.4 Å². The van der Waals surface area contributed by atoms with E-state index < -0.39 is 11.1 Å². The van der Waals surface area contributed by atoms with Crippen LogP contribution < -0.4 is 9.80 Å². The fourth-order valence-electron chi connectivity index (χ4n) is 4.59. The molecule has 1 fully saturated rings. The monoisotopic (exact) mass is 437 g/mol. The van der Waals surface area contributed by atoms with E-state index in [2.05, 4.69) is 4.90 Å². The number of pyridine rings is 1. The quantitative estimate of drug-likeness (QED) is 0.617. The Hall–Kier alpha value is -2.97. The molecule has 0 spiro atoms. The molecule has 0 bridgehead atoms. The molecule has 3 heterocycles. The summed E-state index contributed by atoms with van der Waals surface area (Å²) in [5, 5.41) is 0.835. The zero-order chi connectivity index (χ0) is 21.5. The maximum atomic E-state index is 12.6. The number of para-hydroxylation sites is 2. The Morgan fingerprint density at radius 2 is 1.87 bits per heavy atom. The number of ether oxygens (including phenoxy) is 1. The van der Waals surface area contributed by atoms with Crippen molar-refractivity contribution in [3.05, 3.63) is 59.7 Å². The van der Waals surface area contributed by atoms with Crippen molar-refractivity contribution in [1.29, 1.82) is 0 Å². The topological polar surface area (TPSA) is 83.0 Å². The molecule has 2 aliphatic heterocycles. The molecule has 0 aliphatic carbocycles. The second kappa shape index (κ2) is 7.94. The molecule has 1 atom stereocenters. The first kappa shape index (κ1) is 20.0. The van der Waals surface area contributed by atoms with Crippen LogP contribution in [0, 0.1) is 6.92 Å². The van der Waals surface area contributed by atoms with E-state index in [0.29, 0.717) is 17.0 Å². The number of rotatable bonds is 3. The summed E-state index contributed by atoms with van der Waals surface area (Å²) in [6.07, 6.45) is 1.30. The molecule has 5 rings (SSSR count). The van der Waals surface area contributed by atoms with E-state index in [-0.39, 0.29) is 12.1 Å². The van der Waals surface area contributed by atoms with E-state index in [1.807, 2.05) is 48.2 Å². The van der Waals surface area contributed by atoms with Gasteiger partial charge < -0.3 is 14.2 Å². The highest BCUT2D eigenvalue weighted by atomic mass is 32.2. The number of piperidine rings is 1. The molecule has 1 amide bonds. The molecule has 7 nitrogen and oxygen atoms in total. The lowest BCUT2D eigenvalue weighted by molar-refractivity contribution is 0.137. The van der Waals surface area contributed by atoms with Crippen LogP contribution in [0.1, 0.15) is 24.0 Å². The van der Waals surface area contributed by atoms with Crippen LogP contribution in [0.2, 0.25) is 0 Å². The number of carbonyl (C=O) groups is 1. The molecule has 1 unspecified atom stereocenters. The number of amides is 1. The van der Waals surface area contributed by atoms with E-state index in [1.54, 1.807) is 12.1 Å². The van der Waals surface area contributed by atoms with Crippen molar-refractivity contribution in [2.45, 2.75) is 37.3 Å². The Labute approximate surface area is 182 Å². The number of cyclic esters (lactones) is 1. The van der Waals surface area contributed by atoms with Gasteiger partial charge in [-0.2, -0.15) is 0 Å². The van der Waals surface area contributed by atoms with Crippen LogP contribution >= 0.6 is 0 Å². The van der Waals surface area contributed by atoms with Crippen LogP contribution in [0.4, 0.5) is 16.3 Å². The summed E-state index contributed by atoms with van der Waals surface area (Å²) in [6.45, 7) is 3.82. The van der Waals surface area contributed by atoms with E-state index >= 15 is 0 Å². The predicted molar refractivity (Wildman–Crippen MR) is 120 cm³/mol. The molecule has 0 saturated carbocycles. The molecule has 31 heavy (non-hydrogen) atoms. The summed E-state index contributed by atoms with van der Waals surface area (Å²) in [6, 6.07) is 15.2. The minimum Gasteiger partial charge on any atom is -0.444 e. The number of anilines is 2. The molecule has 0 radical (unpaired) electrons. The third kappa shape index (κ3) is 3.55. The van der Waals surface area contributed by atoms with Crippen LogP contribution in [0.3, 0.4) is 0 Å². The van der Waals surface area contributed by atoms with Crippen molar-refractivity contribution in [2.24, 2.45) is 0 Å². The molecule has 160 valence electrons. The van der Waals surface area contributed by atoms with E-state index in [4.69, 9.17) is 9.72 Å². The van der Waals surface area contributed by atoms with Gasteiger partial charge in [0.2, 0.25) is 0 Å². The number of carbonyl (C=O) groups excluding carboxylic acids is 1.